The number of ether oxygens (including phenoxy) is 2. The molecule has 0 bridgehead atoms. The Morgan fingerprint density at radius 1 is 0.960 bits per heavy atom. The molecule has 0 saturated carbocycles. The Morgan fingerprint density at radius 3 is 1.96 bits per heavy atom. The smallest absolute Gasteiger partial charge is 0.224 e. The lowest BCUT2D eigenvalue weighted by atomic mass is 10.1. The van der Waals surface area contributed by atoms with Crippen molar-refractivity contribution in [3.05, 3.63) is 59.7 Å². The third-order valence-electron chi connectivity index (χ3n) is 4.14. The molecule has 0 fully saturated rings. The summed E-state index contributed by atoms with van der Waals surface area (Å²) >= 11 is 0. The lowest BCUT2D eigenvalue weighted by molar-refractivity contribution is -0.120. The van der Waals surface area contributed by atoms with Crippen molar-refractivity contribution in [2.24, 2.45) is 0 Å². The zero-order chi connectivity index (χ0) is 18.2. The second-order valence-electron chi connectivity index (χ2n) is 6.08. The molecule has 0 aromatic heterocycles. The molecule has 0 aliphatic heterocycles. The first kappa shape index (κ1) is 18.8. The molecule has 0 aliphatic rings. The van der Waals surface area contributed by atoms with E-state index in [-0.39, 0.29) is 11.9 Å². The van der Waals surface area contributed by atoms with Gasteiger partial charge in [0.1, 0.15) is 11.5 Å². The molecule has 0 spiro atoms. The van der Waals surface area contributed by atoms with Gasteiger partial charge in [-0.2, -0.15) is 0 Å². The monoisotopic (exact) mass is 342 g/mol. The summed E-state index contributed by atoms with van der Waals surface area (Å²) in [6.45, 7) is 0.550. The molecule has 0 aliphatic carbocycles. The standard InChI is InChI=1S/C20H26N2O3/c1-22(2)19(16-7-11-18(25-4)12-8-16)14-21-20(23)13-15-5-9-17(24-3)10-6-15/h5-12,19H,13-14H2,1-4H3,(H,21,23)/t19-/m1/s1. The molecule has 2 aromatic rings. The Labute approximate surface area is 149 Å². The number of benzene rings is 2. The highest BCUT2D eigenvalue weighted by molar-refractivity contribution is 5.78. The molecular formula is C20H26N2O3. The largest absolute Gasteiger partial charge is 0.497 e. The van der Waals surface area contributed by atoms with Crippen LogP contribution in [0.5, 0.6) is 11.5 Å². The second-order valence-corrected chi connectivity index (χ2v) is 6.08. The summed E-state index contributed by atoms with van der Waals surface area (Å²) in [6.07, 6.45) is 0.354. The third kappa shape index (κ3) is 5.50. The van der Waals surface area contributed by atoms with Gasteiger partial charge in [0.05, 0.1) is 26.7 Å². The van der Waals surface area contributed by atoms with Crippen LogP contribution in [0, 0.1) is 0 Å². The molecule has 5 heteroatoms. The number of rotatable bonds is 8. The molecule has 0 heterocycles. The lowest BCUT2D eigenvalue weighted by Gasteiger charge is -2.25. The van der Waals surface area contributed by atoms with Crippen LogP contribution in [0.4, 0.5) is 0 Å². The molecular weight excluding hydrogens is 316 g/mol. The van der Waals surface area contributed by atoms with Crippen LogP contribution in [0.1, 0.15) is 17.2 Å². The fraction of sp³-hybridized carbons (Fsp3) is 0.350. The van der Waals surface area contributed by atoms with Gasteiger partial charge in [-0.15, -0.1) is 0 Å². The van der Waals surface area contributed by atoms with Gasteiger partial charge in [-0.3, -0.25) is 4.79 Å². The van der Waals surface area contributed by atoms with Gasteiger partial charge in [-0.25, -0.2) is 0 Å². The first-order valence-corrected chi connectivity index (χ1v) is 8.23. The van der Waals surface area contributed by atoms with Crippen molar-refractivity contribution in [3.8, 4) is 11.5 Å². The molecule has 2 rings (SSSR count). The Kier molecular flexibility index (Phi) is 6.83. The number of amides is 1. The highest BCUT2D eigenvalue weighted by Crippen LogP contribution is 2.20. The van der Waals surface area contributed by atoms with Gasteiger partial charge in [0.15, 0.2) is 0 Å². The van der Waals surface area contributed by atoms with Gasteiger partial charge in [0.2, 0.25) is 5.91 Å². The minimum Gasteiger partial charge on any atom is -0.497 e. The van der Waals surface area contributed by atoms with E-state index in [1.54, 1.807) is 14.2 Å². The summed E-state index contributed by atoms with van der Waals surface area (Å²) in [5.74, 6) is 1.62. The molecule has 1 amide bonds. The van der Waals surface area contributed by atoms with Crippen molar-refractivity contribution in [1.29, 1.82) is 0 Å². The van der Waals surface area contributed by atoms with Crippen LogP contribution in [0.15, 0.2) is 48.5 Å². The summed E-state index contributed by atoms with van der Waals surface area (Å²) < 4.78 is 10.3. The van der Waals surface area contributed by atoms with Crippen LogP contribution >= 0.6 is 0 Å². The highest BCUT2D eigenvalue weighted by atomic mass is 16.5. The fourth-order valence-corrected chi connectivity index (χ4v) is 2.63. The van der Waals surface area contributed by atoms with Crippen LogP contribution in [0.3, 0.4) is 0 Å². The van der Waals surface area contributed by atoms with E-state index < -0.39 is 0 Å². The van der Waals surface area contributed by atoms with Crippen molar-refractivity contribution in [2.45, 2.75) is 12.5 Å². The van der Waals surface area contributed by atoms with Crippen LogP contribution in [-0.2, 0) is 11.2 Å². The topological polar surface area (TPSA) is 50.8 Å². The predicted octanol–water partition coefficient (Wildman–Crippen LogP) is 2.67. The Hall–Kier alpha value is -2.53. The van der Waals surface area contributed by atoms with E-state index in [1.807, 2.05) is 62.6 Å². The average Bonchev–Trinajstić information content (AvgIpc) is 2.62. The molecule has 1 atom stereocenters. The lowest BCUT2D eigenvalue weighted by Crippen LogP contribution is -2.35. The Balaban J connectivity index is 1.93. The first-order chi connectivity index (χ1) is 12.0. The minimum atomic E-state index is 0.00512. The minimum absolute atomic E-state index is 0.00512. The summed E-state index contributed by atoms with van der Waals surface area (Å²) in [7, 11) is 7.29. The maximum absolute atomic E-state index is 12.2. The normalized spacial score (nSPS) is 11.9. The van der Waals surface area contributed by atoms with Crippen molar-refractivity contribution >= 4 is 5.91 Å². The Bertz CT molecular complexity index is 666. The van der Waals surface area contributed by atoms with E-state index in [1.165, 1.54) is 0 Å². The zero-order valence-electron chi connectivity index (χ0n) is 15.3. The van der Waals surface area contributed by atoms with Crippen LogP contribution in [-0.4, -0.2) is 45.7 Å². The van der Waals surface area contributed by atoms with E-state index in [2.05, 4.69) is 10.2 Å². The molecule has 0 saturated heterocycles. The molecule has 134 valence electrons. The van der Waals surface area contributed by atoms with Gasteiger partial charge in [-0.05, 0) is 49.5 Å². The fourth-order valence-electron chi connectivity index (χ4n) is 2.63. The Morgan fingerprint density at radius 2 is 1.48 bits per heavy atom. The third-order valence-corrected chi connectivity index (χ3v) is 4.14. The summed E-state index contributed by atoms with van der Waals surface area (Å²) in [6, 6.07) is 15.6. The first-order valence-electron chi connectivity index (χ1n) is 8.23. The molecule has 0 radical (unpaired) electrons. The van der Waals surface area contributed by atoms with E-state index in [9.17, 15) is 4.79 Å². The van der Waals surface area contributed by atoms with Crippen LogP contribution in [0.25, 0.3) is 0 Å². The van der Waals surface area contributed by atoms with Gasteiger partial charge in [0.25, 0.3) is 0 Å². The summed E-state index contributed by atoms with van der Waals surface area (Å²) in [5, 5.41) is 3.03. The maximum Gasteiger partial charge on any atom is 0.224 e. The van der Waals surface area contributed by atoms with E-state index >= 15 is 0 Å². The van der Waals surface area contributed by atoms with Gasteiger partial charge < -0.3 is 19.7 Å². The number of hydrogen-bond donors (Lipinski definition) is 1. The number of hydrogen-bond acceptors (Lipinski definition) is 4. The van der Waals surface area contributed by atoms with E-state index in [0.29, 0.717) is 13.0 Å². The van der Waals surface area contributed by atoms with Crippen molar-refractivity contribution in [1.82, 2.24) is 10.2 Å². The molecule has 25 heavy (non-hydrogen) atoms. The van der Waals surface area contributed by atoms with Crippen LogP contribution < -0.4 is 14.8 Å². The van der Waals surface area contributed by atoms with Crippen molar-refractivity contribution in [3.63, 3.8) is 0 Å². The van der Waals surface area contributed by atoms with Crippen molar-refractivity contribution in [2.75, 3.05) is 34.9 Å². The SMILES string of the molecule is COc1ccc(CC(=O)NC[C@H](c2ccc(OC)cc2)N(C)C)cc1. The zero-order valence-corrected chi connectivity index (χ0v) is 15.3. The van der Waals surface area contributed by atoms with Crippen molar-refractivity contribution < 1.29 is 14.3 Å². The second kappa shape index (κ2) is 9.08. The number of carbonyl (C=O) groups excluding carboxylic acids is 1. The summed E-state index contributed by atoms with van der Waals surface area (Å²) in [5.41, 5.74) is 2.10. The van der Waals surface area contributed by atoms with Gasteiger partial charge in [0, 0.05) is 6.54 Å². The van der Waals surface area contributed by atoms with E-state index in [0.717, 1.165) is 22.6 Å². The quantitative estimate of drug-likeness (QED) is 0.801. The summed E-state index contributed by atoms with van der Waals surface area (Å²) in [4.78, 5) is 14.3. The number of methoxy groups -OCH3 is 2. The molecule has 1 N–H and O–H groups in total. The van der Waals surface area contributed by atoms with Gasteiger partial charge in [-0.1, -0.05) is 24.3 Å². The predicted molar refractivity (Wildman–Crippen MR) is 99.1 cm³/mol. The highest BCUT2D eigenvalue weighted by Gasteiger charge is 2.15. The number of likely N-dealkylation sites (N-methyl/N-ethyl adjacent to an activating group) is 1. The number of carbonyl (C=O) groups is 1. The number of nitrogens with one attached hydrogen (secondary N) is 1. The van der Waals surface area contributed by atoms with Crippen LogP contribution in [0.2, 0.25) is 0 Å². The van der Waals surface area contributed by atoms with Gasteiger partial charge >= 0.3 is 0 Å². The number of nitrogens with zero attached hydrogens (tertiary/aromatic N) is 1. The average molecular weight is 342 g/mol. The molecule has 5 nitrogen and oxygen atoms in total. The maximum atomic E-state index is 12.2. The molecule has 0 unspecified atom stereocenters. The van der Waals surface area contributed by atoms with E-state index in [4.69, 9.17) is 9.47 Å². The molecule has 2 aromatic carbocycles.